The summed E-state index contributed by atoms with van der Waals surface area (Å²) in [4.78, 5) is 25.5. The fourth-order valence-corrected chi connectivity index (χ4v) is 9.54. The van der Waals surface area contributed by atoms with E-state index in [-0.39, 0.29) is 23.0 Å². The number of rotatable bonds is 10. The number of hydrogen-bond donors (Lipinski definition) is 1. The van der Waals surface area contributed by atoms with Gasteiger partial charge in [-0.2, -0.15) is 16.1 Å². The molecule has 0 spiro atoms. The van der Waals surface area contributed by atoms with Crippen LogP contribution in [0, 0.1) is 24.6 Å². The Labute approximate surface area is 246 Å². The molecule has 1 saturated heterocycles. The standard InChI is InChI=1S/C31H40FNO6S2/c1-20-12-14-24(15-13-20)41(37,38)33-25(18-21-8-5-6-9-21)29(40-17-16-26(34)39-31(2,3)4)27(30(35)36)28(33)22-10-7-11-23(32)19-22/h7,10-15,19,21,25,27-29H,5-6,8-9,16-18H2,1-4H3,(H,35,36)/t25-,27+,28?,29-/m1/s1. The average molecular weight is 606 g/mol. The summed E-state index contributed by atoms with van der Waals surface area (Å²) in [5, 5.41) is 9.95. The molecule has 1 unspecified atom stereocenters. The van der Waals surface area contributed by atoms with Crippen molar-refractivity contribution in [2.24, 2.45) is 11.8 Å². The van der Waals surface area contributed by atoms with Gasteiger partial charge in [0.05, 0.1) is 23.3 Å². The van der Waals surface area contributed by atoms with E-state index in [4.69, 9.17) is 4.74 Å². The van der Waals surface area contributed by atoms with Gasteiger partial charge in [0.2, 0.25) is 10.0 Å². The van der Waals surface area contributed by atoms with Crippen molar-refractivity contribution in [2.75, 3.05) is 5.75 Å². The van der Waals surface area contributed by atoms with Gasteiger partial charge in [-0.05, 0) is 69.9 Å². The molecule has 4 rings (SSSR count). The number of sulfonamides is 1. The number of benzene rings is 2. The predicted molar refractivity (Wildman–Crippen MR) is 158 cm³/mol. The number of nitrogens with zero attached hydrogens (tertiary/aromatic N) is 1. The Morgan fingerprint density at radius 1 is 1.10 bits per heavy atom. The lowest BCUT2D eigenvalue weighted by Crippen LogP contribution is -2.41. The smallest absolute Gasteiger partial charge is 0.309 e. The van der Waals surface area contributed by atoms with Crippen LogP contribution in [0.15, 0.2) is 53.4 Å². The molecule has 2 aromatic rings. The third-order valence-corrected chi connectivity index (χ3v) is 11.2. The van der Waals surface area contributed by atoms with E-state index < -0.39 is 56.6 Å². The van der Waals surface area contributed by atoms with Crippen LogP contribution in [0.25, 0.3) is 0 Å². The van der Waals surface area contributed by atoms with Gasteiger partial charge in [-0.3, -0.25) is 9.59 Å². The number of ether oxygens (including phenoxy) is 1. The van der Waals surface area contributed by atoms with E-state index in [2.05, 4.69) is 0 Å². The minimum absolute atomic E-state index is 0.0657. The first-order chi connectivity index (χ1) is 19.3. The van der Waals surface area contributed by atoms with Gasteiger partial charge in [-0.25, -0.2) is 12.8 Å². The Morgan fingerprint density at radius 3 is 2.34 bits per heavy atom. The summed E-state index contributed by atoms with van der Waals surface area (Å²) in [5.41, 5.74) is 0.554. The summed E-state index contributed by atoms with van der Waals surface area (Å²) in [6.07, 6.45) is 4.57. The lowest BCUT2D eigenvalue weighted by atomic mass is 9.91. The first-order valence-electron chi connectivity index (χ1n) is 14.2. The SMILES string of the molecule is Cc1ccc(S(=O)(=O)N2C(c3cccc(F)c3)[C@H](C(=O)O)[C@H](SCCC(=O)OC(C)(C)C)[C@H]2CC2CCCC2)cc1. The lowest BCUT2D eigenvalue weighted by Gasteiger charge is -2.32. The number of esters is 1. The van der Waals surface area contributed by atoms with Crippen molar-refractivity contribution in [3.63, 3.8) is 0 Å². The fraction of sp³-hybridized carbons (Fsp3) is 0.548. The van der Waals surface area contributed by atoms with E-state index in [1.165, 1.54) is 34.3 Å². The Balaban J connectivity index is 1.80. The molecule has 1 saturated carbocycles. The van der Waals surface area contributed by atoms with Crippen LogP contribution in [0.1, 0.15) is 76.5 Å². The summed E-state index contributed by atoms with van der Waals surface area (Å²) in [6, 6.07) is 10.3. The van der Waals surface area contributed by atoms with Crippen molar-refractivity contribution < 1.29 is 32.2 Å². The zero-order valence-electron chi connectivity index (χ0n) is 24.1. The molecule has 1 aliphatic heterocycles. The van der Waals surface area contributed by atoms with Crippen LogP contribution in [0.2, 0.25) is 0 Å². The molecule has 2 aliphatic rings. The number of carbonyl (C=O) groups excluding carboxylic acids is 1. The molecule has 41 heavy (non-hydrogen) atoms. The molecular weight excluding hydrogens is 565 g/mol. The van der Waals surface area contributed by atoms with Crippen LogP contribution in [-0.4, -0.2) is 52.4 Å². The largest absolute Gasteiger partial charge is 0.481 e. The first kappa shape index (κ1) is 31.5. The van der Waals surface area contributed by atoms with E-state index in [0.29, 0.717) is 12.0 Å². The van der Waals surface area contributed by atoms with Crippen molar-refractivity contribution >= 4 is 33.7 Å². The molecule has 0 bridgehead atoms. The third kappa shape index (κ3) is 7.51. The summed E-state index contributed by atoms with van der Waals surface area (Å²) in [6.45, 7) is 7.21. The van der Waals surface area contributed by atoms with Gasteiger partial charge < -0.3 is 9.84 Å². The highest BCUT2D eigenvalue weighted by atomic mass is 32.2. The van der Waals surface area contributed by atoms with Gasteiger partial charge in [0.25, 0.3) is 0 Å². The lowest BCUT2D eigenvalue weighted by molar-refractivity contribution is -0.154. The molecule has 1 N–H and O–H groups in total. The highest BCUT2D eigenvalue weighted by molar-refractivity contribution is 8.00. The summed E-state index contributed by atoms with van der Waals surface area (Å²) in [5.74, 6) is -2.72. The maximum atomic E-state index is 14.5. The highest BCUT2D eigenvalue weighted by Gasteiger charge is 2.57. The van der Waals surface area contributed by atoms with Crippen molar-refractivity contribution in [3.05, 3.63) is 65.5 Å². The molecule has 4 atom stereocenters. The molecular formula is C31H40FNO6S2. The number of aliphatic carboxylic acids is 1. The predicted octanol–water partition coefficient (Wildman–Crippen LogP) is 6.36. The zero-order chi connectivity index (χ0) is 29.9. The first-order valence-corrected chi connectivity index (χ1v) is 16.7. The number of hydrogen-bond acceptors (Lipinski definition) is 6. The maximum Gasteiger partial charge on any atom is 0.309 e. The summed E-state index contributed by atoms with van der Waals surface area (Å²) in [7, 11) is -4.18. The average Bonchev–Trinajstić information content (AvgIpc) is 3.50. The van der Waals surface area contributed by atoms with Gasteiger partial charge in [-0.1, -0.05) is 55.5 Å². The zero-order valence-corrected chi connectivity index (χ0v) is 25.7. The third-order valence-electron chi connectivity index (χ3n) is 7.83. The van der Waals surface area contributed by atoms with Crippen molar-refractivity contribution in [1.82, 2.24) is 4.31 Å². The molecule has 7 nitrogen and oxygen atoms in total. The topological polar surface area (TPSA) is 101 Å². The number of carboxylic acid groups (broad SMARTS) is 1. The van der Waals surface area contributed by atoms with E-state index in [0.717, 1.165) is 31.2 Å². The summed E-state index contributed by atoms with van der Waals surface area (Å²) < 4.78 is 50.1. The number of thioether (sulfide) groups is 1. The van der Waals surface area contributed by atoms with E-state index in [9.17, 15) is 27.5 Å². The van der Waals surface area contributed by atoms with Crippen LogP contribution in [-0.2, 0) is 24.3 Å². The van der Waals surface area contributed by atoms with Crippen LogP contribution >= 0.6 is 11.8 Å². The van der Waals surface area contributed by atoms with Crippen LogP contribution in [0.4, 0.5) is 4.39 Å². The number of halogens is 1. The molecule has 10 heteroatoms. The number of carboxylic acids is 1. The maximum absolute atomic E-state index is 14.5. The Hall–Kier alpha value is -2.43. The van der Waals surface area contributed by atoms with Gasteiger partial charge in [0.1, 0.15) is 11.4 Å². The fourth-order valence-electron chi connectivity index (χ4n) is 6.12. The molecule has 1 heterocycles. The molecule has 2 fully saturated rings. The Morgan fingerprint density at radius 2 is 1.76 bits per heavy atom. The van der Waals surface area contributed by atoms with Gasteiger partial charge in [-0.15, -0.1) is 0 Å². The van der Waals surface area contributed by atoms with Crippen LogP contribution in [0.5, 0.6) is 0 Å². The highest BCUT2D eigenvalue weighted by Crippen LogP contribution is 2.52. The second-order valence-electron chi connectivity index (χ2n) is 12.1. The van der Waals surface area contributed by atoms with Gasteiger partial charge >= 0.3 is 11.9 Å². The van der Waals surface area contributed by atoms with Crippen LogP contribution in [0.3, 0.4) is 0 Å². The van der Waals surface area contributed by atoms with E-state index in [1.54, 1.807) is 51.1 Å². The number of aryl methyl sites for hydroxylation is 1. The van der Waals surface area contributed by atoms with E-state index in [1.807, 2.05) is 6.92 Å². The molecule has 1 aliphatic carbocycles. The quantitative estimate of drug-likeness (QED) is 0.315. The molecule has 2 aromatic carbocycles. The molecule has 0 radical (unpaired) electrons. The number of carbonyl (C=O) groups is 2. The van der Waals surface area contributed by atoms with E-state index >= 15 is 0 Å². The molecule has 0 amide bonds. The van der Waals surface area contributed by atoms with Crippen molar-refractivity contribution in [3.8, 4) is 0 Å². The van der Waals surface area contributed by atoms with Crippen molar-refractivity contribution in [2.45, 2.75) is 94.1 Å². The molecule has 224 valence electrons. The van der Waals surface area contributed by atoms with Crippen molar-refractivity contribution in [1.29, 1.82) is 0 Å². The Kier molecular flexibility index (Phi) is 9.86. The second kappa shape index (κ2) is 12.8. The monoisotopic (exact) mass is 605 g/mol. The molecule has 0 aromatic heterocycles. The Bertz CT molecular complexity index is 1340. The minimum Gasteiger partial charge on any atom is -0.481 e. The normalized spacial score (nSPS) is 24.0. The summed E-state index contributed by atoms with van der Waals surface area (Å²) >= 11 is 1.30. The minimum atomic E-state index is -4.18. The van der Waals surface area contributed by atoms with Gasteiger partial charge in [0.15, 0.2) is 0 Å². The second-order valence-corrected chi connectivity index (χ2v) is 15.3. The van der Waals surface area contributed by atoms with Gasteiger partial charge in [0, 0.05) is 17.0 Å². The van der Waals surface area contributed by atoms with Crippen LogP contribution < -0.4 is 0 Å².